The van der Waals surface area contributed by atoms with Gasteiger partial charge < -0.3 is 9.69 Å². The molecule has 0 aliphatic carbocycles. The van der Waals surface area contributed by atoms with E-state index in [1.165, 1.54) is 22.3 Å². The summed E-state index contributed by atoms with van der Waals surface area (Å²) in [5, 5.41) is 0. The highest BCUT2D eigenvalue weighted by Gasteiger charge is 2.08. The fraction of sp³-hybridized carbons (Fsp3) is 0.643. The van der Waals surface area contributed by atoms with Crippen LogP contribution in [-0.4, -0.2) is 29.7 Å². The van der Waals surface area contributed by atoms with Gasteiger partial charge in [0, 0.05) is 25.9 Å². The van der Waals surface area contributed by atoms with Crippen molar-refractivity contribution in [1.29, 1.82) is 0 Å². The molecule has 0 N–H and O–H groups in total. The van der Waals surface area contributed by atoms with Gasteiger partial charge in [-0.05, 0) is 86.5 Å². The van der Waals surface area contributed by atoms with Crippen molar-refractivity contribution in [2.24, 2.45) is 0 Å². The standard InChI is InChI=1S/C28H47NO2/c1-8-28(31)29(9-2)22-26(6)20-12-18-24(4)16-10-14-23(3)15-11-17-25(5)19-13-21-27(7)30/h15-16,19-20H,8-14,17-18,21-22H2,1-7H3/b23-15+,24-16+,25-19+,26-20+. The monoisotopic (exact) mass is 429 g/mol. The first-order valence-corrected chi connectivity index (χ1v) is 12.1. The van der Waals surface area contributed by atoms with E-state index in [0.717, 1.165) is 58.0 Å². The molecule has 3 heteroatoms. The Morgan fingerprint density at radius 3 is 1.35 bits per heavy atom. The zero-order valence-corrected chi connectivity index (χ0v) is 21.4. The van der Waals surface area contributed by atoms with Gasteiger partial charge in [-0.1, -0.05) is 53.5 Å². The molecule has 1 amide bonds. The Balaban J connectivity index is 4.21. The van der Waals surface area contributed by atoms with Crippen molar-refractivity contribution in [3.8, 4) is 0 Å². The number of Topliss-reactive ketones (excluding diaryl/α,β-unsaturated/α-hetero) is 1. The Hall–Kier alpha value is -1.90. The highest BCUT2D eigenvalue weighted by Crippen LogP contribution is 2.14. The first-order chi connectivity index (χ1) is 14.7. The van der Waals surface area contributed by atoms with Gasteiger partial charge in [0.1, 0.15) is 5.78 Å². The van der Waals surface area contributed by atoms with Crippen molar-refractivity contribution in [1.82, 2.24) is 4.90 Å². The normalized spacial score (nSPS) is 13.5. The first-order valence-electron chi connectivity index (χ1n) is 12.1. The predicted octanol–water partition coefficient (Wildman–Crippen LogP) is 7.74. The lowest BCUT2D eigenvalue weighted by Gasteiger charge is -2.20. The predicted molar refractivity (Wildman–Crippen MR) is 135 cm³/mol. The van der Waals surface area contributed by atoms with Crippen LogP contribution in [0.3, 0.4) is 0 Å². The fourth-order valence-electron chi connectivity index (χ4n) is 3.43. The summed E-state index contributed by atoms with van der Waals surface area (Å²) in [6.45, 7) is 15.9. The van der Waals surface area contributed by atoms with Crippen LogP contribution in [0.5, 0.6) is 0 Å². The van der Waals surface area contributed by atoms with Crippen molar-refractivity contribution >= 4 is 11.7 Å². The molecule has 0 unspecified atom stereocenters. The summed E-state index contributed by atoms with van der Waals surface area (Å²) in [6.07, 6.45) is 17.8. The number of hydrogen-bond acceptors (Lipinski definition) is 2. The summed E-state index contributed by atoms with van der Waals surface area (Å²) in [5.41, 5.74) is 5.56. The summed E-state index contributed by atoms with van der Waals surface area (Å²) < 4.78 is 0. The number of rotatable bonds is 16. The average molecular weight is 430 g/mol. The zero-order valence-electron chi connectivity index (χ0n) is 21.4. The Morgan fingerprint density at radius 2 is 1.00 bits per heavy atom. The lowest BCUT2D eigenvalue weighted by Crippen LogP contribution is -2.31. The van der Waals surface area contributed by atoms with E-state index >= 15 is 0 Å². The van der Waals surface area contributed by atoms with E-state index < -0.39 is 0 Å². The van der Waals surface area contributed by atoms with E-state index in [2.05, 4.69) is 52.0 Å². The molecule has 0 bridgehead atoms. The zero-order chi connectivity index (χ0) is 23.6. The maximum Gasteiger partial charge on any atom is 0.222 e. The summed E-state index contributed by atoms with van der Waals surface area (Å²) in [5.74, 6) is 0.495. The molecule has 0 rings (SSSR count). The highest BCUT2D eigenvalue weighted by molar-refractivity contribution is 5.76. The molecule has 0 aliphatic heterocycles. The van der Waals surface area contributed by atoms with Gasteiger partial charge in [0.15, 0.2) is 0 Å². The fourth-order valence-corrected chi connectivity index (χ4v) is 3.43. The Kier molecular flexibility index (Phi) is 16.7. The molecule has 0 atom stereocenters. The molecule has 0 radical (unpaired) electrons. The van der Waals surface area contributed by atoms with E-state index in [9.17, 15) is 9.59 Å². The SMILES string of the molecule is CCC(=O)N(CC)C/C(C)=C/CC/C(C)=C/CC/C(C)=C/CC/C(C)=C/CCC(C)=O. The third-order valence-corrected chi connectivity index (χ3v) is 5.56. The largest absolute Gasteiger partial charge is 0.339 e. The van der Waals surface area contributed by atoms with Gasteiger partial charge in [0.05, 0.1) is 0 Å². The average Bonchev–Trinajstić information content (AvgIpc) is 2.71. The molecule has 0 spiro atoms. The molecule has 3 nitrogen and oxygen atoms in total. The number of nitrogens with zero attached hydrogens (tertiary/aromatic N) is 1. The Morgan fingerprint density at radius 1 is 0.613 bits per heavy atom. The van der Waals surface area contributed by atoms with Crippen molar-refractivity contribution in [2.45, 2.75) is 106 Å². The van der Waals surface area contributed by atoms with Gasteiger partial charge in [0.2, 0.25) is 5.91 Å². The molecule has 0 aromatic rings. The molecular weight excluding hydrogens is 382 g/mol. The minimum Gasteiger partial charge on any atom is -0.339 e. The van der Waals surface area contributed by atoms with E-state index in [4.69, 9.17) is 0 Å². The van der Waals surface area contributed by atoms with Gasteiger partial charge >= 0.3 is 0 Å². The van der Waals surface area contributed by atoms with Crippen LogP contribution in [0.2, 0.25) is 0 Å². The van der Waals surface area contributed by atoms with Gasteiger partial charge in [-0.2, -0.15) is 0 Å². The van der Waals surface area contributed by atoms with E-state index in [-0.39, 0.29) is 11.7 Å². The quantitative estimate of drug-likeness (QED) is 0.235. The molecule has 0 fully saturated rings. The minimum absolute atomic E-state index is 0.230. The summed E-state index contributed by atoms with van der Waals surface area (Å²) in [4.78, 5) is 24.8. The van der Waals surface area contributed by atoms with Crippen molar-refractivity contribution < 1.29 is 9.59 Å². The number of carbonyl (C=O) groups excluding carboxylic acids is 2. The number of amides is 1. The van der Waals surface area contributed by atoms with Crippen LogP contribution in [0.1, 0.15) is 106 Å². The highest BCUT2D eigenvalue weighted by atomic mass is 16.2. The molecule has 0 aromatic carbocycles. The second kappa shape index (κ2) is 17.7. The molecule has 0 heterocycles. The number of hydrogen-bond donors (Lipinski definition) is 0. The molecular formula is C28H47NO2. The smallest absolute Gasteiger partial charge is 0.222 e. The van der Waals surface area contributed by atoms with E-state index in [1.54, 1.807) is 6.92 Å². The van der Waals surface area contributed by atoms with Crippen molar-refractivity contribution in [3.05, 3.63) is 46.6 Å². The number of ketones is 1. The van der Waals surface area contributed by atoms with Crippen LogP contribution in [-0.2, 0) is 9.59 Å². The molecule has 0 saturated carbocycles. The first kappa shape index (κ1) is 29.1. The van der Waals surface area contributed by atoms with Crippen molar-refractivity contribution in [2.75, 3.05) is 13.1 Å². The number of likely N-dealkylation sites (N-methyl/N-ethyl adjacent to an activating group) is 1. The van der Waals surface area contributed by atoms with E-state index in [0.29, 0.717) is 12.8 Å². The summed E-state index contributed by atoms with van der Waals surface area (Å²) in [7, 11) is 0. The maximum atomic E-state index is 11.9. The van der Waals surface area contributed by atoms with Crippen molar-refractivity contribution in [3.63, 3.8) is 0 Å². The summed E-state index contributed by atoms with van der Waals surface area (Å²) >= 11 is 0. The van der Waals surface area contributed by atoms with Crippen LogP contribution in [0.4, 0.5) is 0 Å². The second-order valence-electron chi connectivity index (χ2n) is 8.82. The third-order valence-electron chi connectivity index (χ3n) is 5.56. The summed E-state index contributed by atoms with van der Waals surface area (Å²) in [6, 6.07) is 0. The molecule has 176 valence electrons. The van der Waals surface area contributed by atoms with Gasteiger partial charge in [-0.3, -0.25) is 4.79 Å². The molecule has 31 heavy (non-hydrogen) atoms. The minimum atomic E-state index is 0.230. The van der Waals surface area contributed by atoms with Gasteiger partial charge in [-0.25, -0.2) is 0 Å². The molecule has 0 saturated heterocycles. The molecule has 0 aromatic heterocycles. The van der Waals surface area contributed by atoms with Gasteiger partial charge in [0.25, 0.3) is 0 Å². The topological polar surface area (TPSA) is 37.4 Å². The Labute approximate surface area is 192 Å². The van der Waals surface area contributed by atoms with Gasteiger partial charge in [-0.15, -0.1) is 0 Å². The second-order valence-corrected chi connectivity index (χ2v) is 8.82. The van der Waals surface area contributed by atoms with Crippen LogP contribution in [0.15, 0.2) is 46.6 Å². The van der Waals surface area contributed by atoms with Crippen LogP contribution in [0, 0.1) is 0 Å². The number of carbonyl (C=O) groups is 2. The van der Waals surface area contributed by atoms with Crippen LogP contribution < -0.4 is 0 Å². The molecule has 0 aliphatic rings. The van der Waals surface area contributed by atoms with Crippen LogP contribution >= 0.6 is 0 Å². The third kappa shape index (κ3) is 16.5. The maximum absolute atomic E-state index is 11.9. The number of allylic oxidation sites excluding steroid dienone is 7. The lowest BCUT2D eigenvalue weighted by molar-refractivity contribution is -0.130. The lowest BCUT2D eigenvalue weighted by atomic mass is 10.0. The van der Waals surface area contributed by atoms with E-state index in [1.807, 2.05) is 18.7 Å². The Bertz CT molecular complexity index is 664. The van der Waals surface area contributed by atoms with Crippen LogP contribution in [0.25, 0.3) is 0 Å².